The predicted molar refractivity (Wildman–Crippen MR) is 153 cm³/mol. The standard InChI is InChI=1S/C32H34N4O3/c1-22-20-33-23(2)34-31(22)26-8-10-27(11-9-26)36(32(39)29-13-12-28(37)19-30(29)38)21-25-7-5-6-24(18-25)14-17-35-15-3-4-16-35/h5-13,18-20,37-38H,3-4,14-17,21H2,1-2H3. The maximum absolute atomic E-state index is 13.8. The van der Waals surface area contributed by atoms with Gasteiger partial charge in [0.25, 0.3) is 5.91 Å². The Morgan fingerprint density at radius 1 is 0.949 bits per heavy atom. The molecule has 1 amide bonds. The monoisotopic (exact) mass is 522 g/mol. The molecule has 200 valence electrons. The van der Waals surface area contributed by atoms with Crippen molar-refractivity contribution in [1.82, 2.24) is 14.9 Å². The minimum atomic E-state index is -0.350. The summed E-state index contributed by atoms with van der Waals surface area (Å²) >= 11 is 0. The summed E-state index contributed by atoms with van der Waals surface area (Å²) in [6.07, 6.45) is 5.32. The number of hydrogen-bond acceptors (Lipinski definition) is 6. The Morgan fingerprint density at radius 2 is 1.69 bits per heavy atom. The fraction of sp³-hybridized carbons (Fsp3) is 0.281. The van der Waals surface area contributed by atoms with Crippen molar-refractivity contribution in [3.63, 3.8) is 0 Å². The van der Waals surface area contributed by atoms with E-state index in [4.69, 9.17) is 0 Å². The van der Waals surface area contributed by atoms with Gasteiger partial charge in [0, 0.05) is 30.1 Å². The van der Waals surface area contributed by atoms with Crippen molar-refractivity contribution in [2.75, 3.05) is 24.5 Å². The van der Waals surface area contributed by atoms with Crippen LogP contribution in [0.1, 0.15) is 45.7 Å². The number of aryl methyl sites for hydroxylation is 2. The van der Waals surface area contributed by atoms with Crippen LogP contribution in [0.3, 0.4) is 0 Å². The molecule has 0 atom stereocenters. The first kappa shape index (κ1) is 26.4. The van der Waals surface area contributed by atoms with E-state index in [1.54, 1.807) is 4.90 Å². The van der Waals surface area contributed by atoms with Crippen LogP contribution in [0.15, 0.2) is 72.9 Å². The van der Waals surface area contributed by atoms with Gasteiger partial charge in [-0.3, -0.25) is 4.79 Å². The first-order valence-corrected chi connectivity index (χ1v) is 13.4. The molecular formula is C32H34N4O3. The van der Waals surface area contributed by atoms with E-state index in [2.05, 4.69) is 27.0 Å². The Balaban J connectivity index is 1.44. The van der Waals surface area contributed by atoms with Crippen LogP contribution in [0.25, 0.3) is 11.3 Å². The van der Waals surface area contributed by atoms with Crippen LogP contribution in [-0.4, -0.2) is 50.6 Å². The van der Waals surface area contributed by atoms with Crippen molar-refractivity contribution >= 4 is 11.6 Å². The third kappa shape index (κ3) is 6.26. The van der Waals surface area contributed by atoms with Gasteiger partial charge in [-0.15, -0.1) is 0 Å². The number of anilines is 1. The highest BCUT2D eigenvalue weighted by atomic mass is 16.3. The van der Waals surface area contributed by atoms with Crippen LogP contribution in [-0.2, 0) is 13.0 Å². The number of likely N-dealkylation sites (tertiary alicyclic amines) is 1. The second-order valence-electron chi connectivity index (χ2n) is 10.2. The molecule has 0 aliphatic carbocycles. The number of nitrogens with zero attached hydrogens (tertiary/aromatic N) is 4. The van der Waals surface area contributed by atoms with E-state index in [0.717, 1.165) is 35.3 Å². The van der Waals surface area contributed by atoms with Crippen LogP contribution in [0.4, 0.5) is 5.69 Å². The quantitative estimate of drug-likeness (QED) is 0.311. The van der Waals surface area contributed by atoms with E-state index in [0.29, 0.717) is 18.1 Å². The SMILES string of the molecule is Cc1ncc(C)c(-c2ccc(N(Cc3cccc(CCN4CCCC4)c3)C(=O)c3ccc(O)cc3O)cc2)n1. The normalized spacial score (nSPS) is 13.5. The van der Waals surface area contributed by atoms with Gasteiger partial charge in [-0.1, -0.05) is 36.4 Å². The molecule has 1 aliphatic rings. The van der Waals surface area contributed by atoms with Gasteiger partial charge in [-0.2, -0.15) is 0 Å². The summed E-state index contributed by atoms with van der Waals surface area (Å²) in [4.78, 5) is 26.8. The lowest BCUT2D eigenvalue weighted by atomic mass is 10.0. The van der Waals surface area contributed by atoms with Gasteiger partial charge in [-0.05, 0) is 87.2 Å². The number of phenols is 2. The summed E-state index contributed by atoms with van der Waals surface area (Å²) in [6.45, 7) is 7.55. The fourth-order valence-corrected chi connectivity index (χ4v) is 5.11. The van der Waals surface area contributed by atoms with Gasteiger partial charge >= 0.3 is 0 Å². The molecular weight excluding hydrogens is 488 g/mol. The number of aromatic nitrogens is 2. The molecule has 1 aromatic heterocycles. The predicted octanol–water partition coefficient (Wildman–Crippen LogP) is 5.66. The molecule has 1 saturated heterocycles. The Labute approximate surface area is 229 Å². The van der Waals surface area contributed by atoms with E-state index in [9.17, 15) is 15.0 Å². The average Bonchev–Trinajstić information content (AvgIpc) is 3.46. The Kier molecular flexibility index (Phi) is 7.89. The maximum Gasteiger partial charge on any atom is 0.262 e. The summed E-state index contributed by atoms with van der Waals surface area (Å²) < 4.78 is 0. The van der Waals surface area contributed by atoms with Crippen molar-refractivity contribution in [3.8, 4) is 22.8 Å². The fourth-order valence-electron chi connectivity index (χ4n) is 5.11. The zero-order valence-corrected chi connectivity index (χ0v) is 22.5. The third-order valence-corrected chi connectivity index (χ3v) is 7.25. The molecule has 2 heterocycles. The van der Waals surface area contributed by atoms with Gasteiger partial charge < -0.3 is 20.0 Å². The van der Waals surface area contributed by atoms with Crippen LogP contribution < -0.4 is 4.90 Å². The number of benzene rings is 3. The molecule has 0 saturated carbocycles. The number of hydrogen-bond donors (Lipinski definition) is 2. The smallest absolute Gasteiger partial charge is 0.262 e. The molecule has 0 spiro atoms. The topological polar surface area (TPSA) is 89.8 Å². The molecule has 0 radical (unpaired) electrons. The molecule has 5 rings (SSSR count). The van der Waals surface area contributed by atoms with Crippen LogP contribution >= 0.6 is 0 Å². The van der Waals surface area contributed by atoms with E-state index >= 15 is 0 Å². The molecule has 7 heteroatoms. The molecule has 1 aliphatic heterocycles. The molecule has 4 aromatic rings. The molecule has 3 aromatic carbocycles. The lowest BCUT2D eigenvalue weighted by Gasteiger charge is -2.24. The summed E-state index contributed by atoms with van der Waals surface area (Å²) in [6, 6.07) is 20.1. The van der Waals surface area contributed by atoms with Crippen molar-refractivity contribution < 1.29 is 15.0 Å². The highest BCUT2D eigenvalue weighted by Gasteiger charge is 2.22. The van der Waals surface area contributed by atoms with Gasteiger partial charge in [0.1, 0.15) is 17.3 Å². The largest absolute Gasteiger partial charge is 0.508 e. The van der Waals surface area contributed by atoms with Crippen molar-refractivity contribution in [1.29, 1.82) is 0 Å². The van der Waals surface area contributed by atoms with E-state index in [-0.39, 0.29) is 23.0 Å². The highest BCUT2D eigenvalue weighted by Crippen LogP contribution is 2.29. The Bertz CT molecular complexity index is 1460. The summed E-state index contributed by atoms with van der Waals surface area (Å²) in [5.41, 5.74) is 5.84. The molecule has 7 nitrogen and oxygen atoms in total. The van der Waals surface area contributed by atoms with Crippen molar-refractivity contribution in [2.45, 2.75) is 39.7 Å². The second-order valence-corrected chi connectivity index (χ2v) is 10.2. The molecule has 0 unspecified atom stereocenters. The van der Waals surface area contributed by atoms with Crippen LogP contribution in [0.5, 0.6) is 11.5 Å². The lowest BCUT2D eigenvalue weighted by Crippen LogP contribution is -2.30. The van der Waals surface area contributed by atoms with Crippen molar-refractivity contribution in [2.24, 2.45) is 0 Å². The number of amides is 1. The van der Waals surface area contributed by atoms with E-state index in [1.165, 1.54) is 49.7 Å². The molecule has 1 fully saturated rings. The Hall–Kier alpha value is -4.23. The number of rotatable bonds is 8. The highest BCUT2D eigenvalue weighted by molar-refractivity contribution is 6.08. The first-order chi connectivity index (χ1) is 18.9. The Morgan fingerprint density at radius 3 is 2.44 bits per heavy atom. The van der Waals surface area contributed by atoms with Gasteiger partial charge in [0.2, 0.25) is 0 Å². The maximum atomic E-state index is 13.8. The summed E-state index contributed by atoms with van der Waals surface area (Å²) in [5, 5.41) is 20.2. The summed E-state index contributed by atoms with van der Waals surface area (Å²) in [7, 11) is 0. The minimum absolute atomic E-state index is 0.0961. The zero-order chi connectivity index (χ0) is 27.4. The van der Waals surface area contributed by atoms with Gasteiger partial charge in [-0.25, -0.2) is 9.97 Å². The number of phenolic OH excluding ortho intramolecular Hbond substituents is 2. The molecule has 39 heavy (non-hydrogen) atoms. The lowest BCUT2D eigenvalue weighted by molar-refractivity contribution is 0.0982. The first-order valence-electron chi connectivity index (χ1n) is 13.4. The van der Waals surface area contributed by atoms with Gasteiger partial charge in [0.05, 0.1) is 17.8 Å². The third-order valence-electron chi connectivity index (χ3n) is 7.25. The van der Waals surface area contributed by atoms with Crippen LogP contribution in [0.2, 0.25) is 0 Å². The second kappa shape index (κ2) is 11.7. The van der Waals surface area contributed by atoms with E-state index < -0.39 is 0 Å². The number of aromatic hydroxyl groups is 2. The van der Waals surface area contributed by atoms with Crippen molar-refractivity contribution in [3.05, 3.63) is 101 Å². The molecule has 0 bridgehead atoms. The molecule has 2 N–H and O–H groups in total. The van der Waals surface area contributed by atoms with Gasteiger partial charge in [0.15, 0.2) is 0 Å². The van der Waals surface area contributed by atoms with E-state index in [1.807, 2.05) is 56.4 Å². The summed E-state index contributed by atoms with van der Waals surface area (Å²) in [5.74, 6) is -0.00470. The average molecular weight is 523 g/mol. The number of carbonyl (C=O) groups is 1. The number of carbonyl (C=O) groups excluding carboxylic acids is 1. The van der Waals surface area contributed by atoms with Crippen LogP contribution in [0, 0.1) is 13.8 Å². The minimum Gasteiger partial charge on any atom is -0.508 e. The zero-order valence-electron chi connectivity index (χ0n) is 22.5.